The molecule has 1 amide bonds. The van der Waals surface area contributed by atoms with Crippen molar-refractivity contribution in [2.24, 2.45) is 0 Å². The van der Waals surface area contributed by atoms with Crippen LogP contribution in [0.4, 0.5) is 11.4 Å². The van der Waals surface area contributed by atoms with Gasteiger partial charge in [-0.25, -0.2) is 0 Å². The van der Waals surface area contributed by atoms with Crippen molar-refractivity contribution in [3.05, 3.63) is 56.0 Å². The summed E-state index contributed by atoms with van der Waals surface area (Å²) in [4.78, 5) is 27.4. The summed E-state index contributed by atoms with van der Waals surface area (Å²) in [5.41, 5.74) is 1.99. The van der Waals surface area contributed by atoms with E-state index in [1.807, 2.05) is 18.7 Å². The predicted molar refractivity (Wildman–Crippen MR) is 99.1 cm³/mol. The highest BCUT2D eigenvalue weighted by molar-refractivity contribution is 6.30. The Morgan fingerprint density at radius 2 is 1.81 bits per heavy atom. The molecule has 0 unspecified atom stereocenters. The number of nitro groups is 1. The monoisotopic (exact) mass is 377 g/mol. The van der Waals surface area contributed by atoms with E-state index in [2.05, 4.69) is 0 Å². The molecule has 0 spiro atoms. The van der Waals surface area contributed by atoms with Gasteiger partial charge in [0.05, 0.1) is 10.5 Å². The fourth-order valence-corrected chi connectivity index (χ4v) is 3.49. The average Bonchev–Trinajstić information content (AvgIpc) is 2.86. The van der Waals surface area contributed by atoms with Crippen LogP contribution in [0.5, 0.6) is 0 Å². The second-order valence-electron chi connectivity index (χ2n) is 6.38. The molecule has 3 rings (SSSR count). The van der Waals surface area contributed by atoms with Gasteiger partial charge in [-0.3, -0.25) is 14.9 Å². The lowest BCUT2D eigenvalue weighted by Crippen LogP contribution is -2.49. The minimum Gasteiger partial charge on any atom is -0.466 e. The van der Waals surface area contributed by atoms with Crippen molar-refractivity contribution in [1.82, 2.24) is 4.90 Å². The van der Waals surface area contributed by atoms with E-state index in [-0.39, 0.29) is 11.6 Å². The van der Waals surface area contributed by atoms with Crippen LogP contribution in [-0.4, -0.2) is 41.9 Å². The van der Waals surface area contributed by atoms with Gasteiger partial charge in [0.25, 0.3) is 11.6 Å². The van der Waals surface area contributed by atoms with Crippen molar-refractivity contribution in [2.75, 3.05) is 31.1 Å². The summed E-state index contributed by atoms with van der Waals surface area (Å²) in [6, 6.07) is 4.66. The number of amides is 1. The molecule has 1 aliphatic heterocycles. The topological polar surface area (TPSA) is 79.8 Å². The predicted octanol–water partition coefficient (Wildman–Crippen LogP) is 3.73. The number of aryl methyl sites for hydroxylation is 2. The highest BCUT2D eigenvalue weighted by Gasteiger charge is 2.29. The molecule has 1 aromatic carbocycles. The molecule has 1 saturated heterocycles. The summed E-state index contributed by atoms with van der Waals surface area (Å²) < 4.78 is 5.56. The average molecular weight is 378 g/mol. The minimum atomic E-state index is -0.431. The van der Waals surface area contributed by atoms with Gasteiger partial charge < -0.3 is 14.2 Å². The normalized spacial score (nSPS) is 14.6. The Hall–Kier alpha value is -2.54. The first kappa shape index (κ1) is 18.3. The number of halogens is 1. The maximum Gasteiger partial charge on any atom is 0.294 e. The minimum absolute atomic E-state index is 0.0191. The third-order valence-corrected chi connectivity index (χ3v) is 5.05. The second-order valence-corrected chi connectivity index (χ2v) is 6.82. The van der Waals surface area contributed by atoms with Gasteiger partial charge in [0.1, 0.15) is 17.2 Å². The molecule has 1 aromatic heterocycles. The van der Waals surface area contributed by atoms with Gasteiger partial charge >= 0.3 is 0 Å². The summed E-state index contributed by atoms with van der Waals surface area (Å²) in [7, 11) is 0. The highest BCUT2D eigenvalue weighted by Crippen LogP contribution is 2.32. The van der Waals surface area contributed by atoms with Crippen LogP contribution in [0.1, 0.15) is 27.4 Å². The maximum atomic E-state index is 12.8. The molecule has 0 radical (unpaired) electrons. The molecule has 8 heteroatoms. The zero-order valence-electron chi connectivity index (χ0n) is 14.9. The zero-order valence-corrected chi connectivity index (χ0v) is 15.7. The van der Waals surface area contributed by atoms with E-state index in [0.29, 0.717) is 48.2 Å². The van der Waals surface area contributed by atoms with Gasteiger partial charge in [0.2, 0.25) is 0 Å². The lowest BCUT2D eigenvalue weighted by molar-refractivity contribution is -0.384. The van der Waals surface area contributed by atoms with Gasteiger partial charge in [-0.15, -0.1) is 0 Å². The molecule has 0 N–H and O–H groups in total. The van der Waals surface area contributed by atoms with Gasteiger partial charge in [-0.2, -0.15) is 0 Å². The Morgan fingerprint density at radius 3 is 2.35 bits per heavy atom. The van der Waals surface area contributed by atoms with Crippen molar-refractivity contribution in [3.63, 3.8) is 0 Å². The molecule has 0 atom stereocenters. The molecule has 1 aliphatic rings. The van der Waals surface area contributed by atoms with Gasteiger partial charge in [0, 0.05) is 42.8 Å². The number of piperazine rings is 1. The molecular weight excluding hydrogens is 358 g/mol. The van der Waals surface area contributed by atoms with E-state index in [9.17, 15) is 14.9 Å². The van der Waals surface area contributed by atoms with Crippen molar-refractivity contribution >= 4 is 28.9 Å². The fraction of sp³-hybridized carbons (Fsp3) is 0.389. The van der Waals surface area contributed by atoms with Crippen LogP contribution in [0.2, 0.25) is 5.02 Å². The van der Waals surface area contributed by atoms with Gasteiger partial charge in [0.15, 0.2) is 0 Å². The number of carbonyl (C=O) groups is 1. The summed E-state index contributed by atoms with van der Waals surface area (Å²) in [6.07, 6.45) is 0. The molecule has 7 nitrogen and oxygen atoms in total. The first-order valence-corrected chi connectivity index (χ1v) is 8.72. The third-order valence-electron chi connectivity index (χ3n) is 4.82. The second kappa shape index (κ2) is 6.99. The first-order chi connectivity index (χ1) is 12.3. The van der Waals surface area contributed by atoms with E-state index >= 15 is 0 Å². The molecule has 0 bridgehead atoms. The number of hydrogen-bond acceptors (Lipinski definition) is 5. The molecule has 0 saturated carbocycles. The standard InChI is InChI=1S/C18H20ClN3O4/c1-11-12(2)26-13(3)17(11)18(23)21-8-6-20(7-9-21)15-5-4-14(19)10-16(15)22(24)25/h4-5,10H,6-9H2,1-3H3. The lowest BCUT2D eigenvalue weighted by Gasteiger charge is -2.35. The SMILES string of the molecule is Cc1oc(C)c(C(=O)N2CCN(c3ccc(Cl)cc3[N+](=O)[O-])CC2)c1C. The molecule has 138 valence electrons. The van der Waals surface area contributed by atoms with Crippen molar-refractivity contribution in [1.29, 1.82) is 0 Å². The van der Waals surface area contributed by atoms with Crippen LogP contribution in [0.15, 0.2) is 22.6 Å². The Bertz CT molecular complexity index is 870. The van der Waals surface area contributed by atoms with Gasteiger partial charge in [-0.1, -0.05) is 11.6 Å². The van der Waals surface area contributed by atoms with Crippen molar-refractivity contribution < 1.29 is 14.1 Å². The Labute approximate surface area is 156 Å². The number of anilines is 1. The Morgan fingerprint density at radius 1 is 1.15 bits per heavy atom. The molecular formula is C18H20ClN3O4. The largest absolute Gasteiger partial charge is 0.466 e. The summed E-state index contributed by atoms with van der Waals surface area (Å²) >= 11 is 5.88. The molecule has 0 aliphatic carbocycles. The first-order valence-electron chi connectivity index (χ1n) is 8.34. The number of carbonyl (C=O) groups excluding carboxylic acids is 1. The number of nitro benzene ring substituents is 1. The lowest BCUT2D eigenvalue weighted by atomic mass is 10.1. The van der Waals surface area contributed by atoms with Crippen LogP contribution in [0.25, 0.3) is 0 Å². The van der Waals surface area contributed by atoms with Crippen LogP contribution in [0, 0.1) is 30.9 Å². The quantitative estimate of drug-likeness (QED) is 0.601. The summed E-state index contributed by atoms with van der Waals surface area (Å²) in [5, 5.41) is 11.6. The molecule has 2 heterocycles. The third kappa shape index (κ3) is 3.26. The van der Waals surface area contributed by atoms with Crippen molar-refractivity contribution in [3.8, 4) is 0 Å². The molecule has 26 heavy (non-hydrogen) atoms. The highest BCUT2D eigenvalue weighted by atomic mass is 35.5. The Balaban J connectivity index is 1.76. The van der Waals surface area contributed by atoms with Crippen molar-refractivity contribution in [2.45, 2.75) is 20.8 Å². The van der Waals surface area contributed by atoms with E-state index < -0.39 is 4.92 Å². The summed E-state index contributed by atoms with van der Waals surface area (Å²) in [5.74, 6) is 1.32. The van der Waals surface area contributed by atoms with Gasteiger partial charge in [-0.05, 0) is 32.9 Å². The number of benzene rings is 1. The fourth-order valence-electron chi connectivity index (χ4n) is 3.33. The molecule has 2 aromatic rings. The number of furan rings is 1. The number of hydrogen-bond donors (Lipinski definition) is 0. The summed E-state index contributed by atoms with van der Waals surface area (Å²) in [6.45, 7) is 7.53. The molecule has 1 fully saturated rings. The van der Waals surface area contributed by atoms with E-state index in [1.54, 1.807) is 24.0 Å². The Kier molecular flexibility index (Phi) is 4.91. The smallest absolute Gasteiger partial charge is 0.294 e. The number of nitrogens with zero attached hydrogens (tertiary/aromatic N) is 3. The van der Waals surface area contributed by atoms with Crippen LogP contribution in [-0.2, 0) is 0 Å². The van der Waals surface area contributed by atoms with E-state index in [0.717, 1.165) is 11.3 Å². The van der Waals surface area contributed by atoms with Crippen LogP contribution in [0.3, 0.4) is 0 Å². The van der Waals surface area contributed by atoms with Crippen LogP contribution < -0.4 is 4.90 Å². The van der Waals surface area contributed by atoms with Crippen LogP contribution >= 0.6 is 11.6 Å². The zero-order chi connectivity index (χ0) is 19.0. The van der Waals surface area contributed by atoms with E-state index in [1.165, 1.54) is 6.07 Å². The maximum absolute atomic E-state index is 12.8. The number of rotatable bonds is 3. The van der Waals surface area contributed by atoms with E-state index in [4.69, 9.17) is 16.0 Å².